The first-order chi connectivity index (χ1) is 9.19. The molecule has 0 aromatic rings. The predicted octanol–water partition coefficient (Wildman–Crippen LogP) is 4.29. The van der Waals surface area contributed by atoms with E-state index in [-0.39, 0.29) is 0 Å². The van der Waals surface area contributed by atoms with Crippen LogP contribution in [0.3, 0.4) is 0 Å². The summed E-state index contributed by atoms with van der Waals surface area (Å²) in [5.41, 5.74) is 6.96. The van der Waals surface area contributed by atoms with Crippen molar-refractivity contribution in [2.24, 2.45) is 23.0 Å². The van der Waals surface area contributed by atoms with Crippen LogP contribution >= 0.6 is 0 Å². The van der Waals surface area contributed by atoms with Gasteiger partial charge in [-0.3, -0.25) is 4.90 Å². The highest BCUT2D eigenvalue weighted by Gasteiger charge is 2.38. The number of nitrogens with zero attached hydrogens (tertiary/aromatic N) is 1. The van der Waals surface area contributed by atoms with Gasteiger partial charge in [-0.25, -0.2) is 0 Å². The molecule has 3 atom stereocenters. The minimum absolute atomic E-state index is 0.361. The molecule has 2 heteroatoms. The third kappa shape index (κ3) is 4.46. The molecule has 1 saturated carbocycles. The average Bonchev–Trinajstić information content (AvgIpc) is 2.36. The van der Waals surface area contributed by atoms with Crippen LogP contribution in [0.4, 0.5) is 0 Å². The topological polar surface area (TPSA) is 29.3 Å². The summed E-state index contributed by atoms with van der Waals surface area (Å²) in [6.07, 6.45) is 5.06. The second-order valence-corrected chi connectivity index (χ2v) is 8.27. The van der Waals surface area contributed by atoms with Crippen LogP contribution in [-0.2, 0) is 0 Å². The third-order valence-electron chi connectivity index (χ3n) is 5.55. The SMILES string of the molecule is CCC(C)(C)C1CCC(N)C(N(CC(C)C)C(C)C)C1. The minimum Gasteiger partial charge on any atom is -0.326 e. The molecule has 0 aromatic carbocycles. The normalized spacial score (nSPS) is 28.6. The van der Waals surface area contributed by atoms with Crippen LogP contribution in [0.1, 0.15) is 74.1 Å². The van der Waals surface area contributed by atoms with E-state index in [1.807, 2.05) is 0 Å². The molecule has 0 radical (unpaired) electrons. The summed E-state index contributed by atoms with van der Waals surface area (Å²) < 4.78 is 0. The van der Waals surface area contributed by atoms with E-state index < -0.39 is 0 Å². The van der Waals surface area contributed by atoms with Gasteiger partial charge in [0.25, 0.3) is 0 Å². The fourth-order valence-electron chi connectivity index (χ4n) is 3.70. The fraction of sp³-hybridized carbons (Fsp3) is 1.00. The molecule has 2 N–H and O–H groups in total. The molecule has 0 aliphatic heterocycles. The summed E-state index contributed by atoms with van der Waals surface area (Å²) in [5, 5.41) is 0. The maximum absolute atomic E-state index is 6.50. The van der Waals surface area contributed by atoms with Crippen LogP contribution in [0, 0.1) is 17.3 Å². The van der Waals surface area contributed by atoms with E-state index in [1.165, 1.54) is 32.2 Å². The summed E-state index contributed by atoms with van der Waals surface area (Å²) in [6, 6.07) is 1.53. The number of hydrogen-bond donors (Lipinski definition) is 1. The van der Waals surface area contributed by atoms with Gasteiger partial charge < -0.3 is 5.73 Å². The van der Waals surface area contributed by atoms with Gasteiger partial charge >= 0.3 is 0 Å². The standard InChI is InChI=1S/C18H38N2/c1-8-18(6,7)15-9-10-16(19)17(11-15)20(14(4)5)12-13(2)3/h13-17H,8-12,19H2,1-7H3. The Kier molecular flexibility index (Phi) is 6.53. The van der Waals surface area contributed by atoms with Gasteiger partial charge in [0.2, 0.25) is 0 Å². The number of hydrogen-bond acceptors (Lipinski definition) is 2. The Balaban J connectivity index is 2.83. The lowest BCUT2D eigenvalue weighted by atomic mass is 9.67. The quantitative estimate of drug-likeness (QED) is 0.787. The van der Waals surface area contributed by atoms with Gasteiger partial charge in [-0.05, 0) is 50.4 Å². The van der Waals surface area contributed by atoms with E-state index in [9.17, 15) is 0 Å². The molecule has 1 fully saturated rings. The average molecular weight is 283 g/mol. The summed E-state index contributed by atoms with van der Waals surface area (Å²) in [4.78, 5) is 2.67. The van der Waals surface area contributed by atoms with Crippen LogP contribution in [-0.4, -0.2) is 29.6 Å². The minimum atomic E-state index is 0.361. The van der Waals surface area contributed by atoms with Crippen LogP contribution < -0.4 is 5.73 Å². The molecule has 0 bridgehead atoms. The zero-order chi connectivity index (χ0) is 15.5. The van der Waals surface area contributed by atoms with E-state index in [4.69, 9.17) is 5.73 Å². The van der Waals surface area contributed by atoms with Crippen LogP contribution in [0.2, 0.25) is 0 Å². The summed E-state index contributed by atoms with van der Waals surface area (Å²) in [7, 11) is 0. The Hall–Kier alpha value is -0.0800. The maximum atomic E-state index is 6.50. The fourth-order valence-corrected chi connectivity index (χ4v) is 3.70. The number of nitrogens with two attached hydrogens (primary N) is 1. The van der Waals surface area contributed by atoms with Crippen molar-refractivity contribution < 1.29 is 0 Å². The Morgan fingerprint density at radius 3 is 2.20 bits per heavy atom. The Morgan fingerprint density at radius 1 is 1.15 bits per heavy atom. The lowest BCUT2D eigenvalue weighted by Gasteiger charge is -2.47. The van der Waals surface area contributed by atoms with Gasteiger partial charge in [0.15, 0.2) is 0 Å². The van der Waals surface area contributed by atoms with Crippen molar-refractivity contribution in [3.05, 3.63) is 0 Å². The van der Waals surface area contributed by atoms with Gasteiger partial charge in [-0.2, -0.15) is 0 Å². The maximum Gasteiger partial charge on any atom is 0.0252 e. The van der Waals surface area contributed by atoms with Crippen molar-refractivity contribution in [3.63, 3.8) is 0 Å². The first-order valence-electron chi connectivity index (χ1n) is 8.70. The molecule has 120 valence electrons. The van der Waals surface area contributed by atoms with E-state index in [1.54, 1.807) is 0 Å². The molecule has 20 heavy (non-hydrogen) atoms. The molecular weight excluding hydrogens is 244 g/mol. The van der Waals surface area contributed by atoms with Gasteiger partial charge in [-0.15, -0.1) is 0 Å². The molecule has 0 amide bonds. The van der Waals surface area contributed by atoms with Crippen molar-refractivity contribution >= 4 is 0 Å². The van der Waals surface area contributed by atoms with Crippen molar-refractivity contribution in [2.75, 3.05) is 6.54 Å². The smallest absolute Gasteiger partial charge is 0.0252 e. The Bertz CT molecular complexity index is 283. The third-order valence-corrected chi connectivity index (χ3v) is 5.55. The Labute approximate surface area is 127 Å². The molecule has 1 aliphatic rings. The molecule has 0 aromatic heterocycles. The van der Waals surface area contributed by atoms with E-state index in [0.29, 0.717) is 29.5 Å². The lowest BCUT2D eigenvalue weighted by molar-refractivity contribution is 0.0370. The highest BCUT2D eigenvalue weighted by atomic mass is 15.2. The van der Waals surface area contributed by atoms with Crippen molar-refractivity contribution in [1.29, 1.82) is 0 Å². The van der Waals surface area contributed by atoms with Crippen LogP contribution in [0.5, 0.6) is 0 Å². The lowest BCUT2D eigenvalue weighted by Crippen LogP contribution is -2.55. The second-order valence-electron chi connectivity index (χ2n) is 8.27. The second kappa shape index (κ2) is 7.26. The monoisotopic (exact) mass is 282 g/mol. The number of rotatable bonds is 6. The zero-order valence-electron chi connectivity index (χ0n) is 14.9. The molecule has 0 spiro atoms. The highest BCUT2D eigenvalue weighted by Crippen LogP contribution is 2.41. The molecule has 0 saturated heterocycles. The van der Waals surface area contributed by atoms with Crippen molar-refractivity contribution in [1.82, 2.24) is 4.90 Å². The van der Waals surface area contributed by atoms with Crippen LogP contribution in [0.15, 0.2) is 0 Å². The van der Waals surface area contributed by atoms with Crippen LogP contribution in [0.25, 0.3) is 0 Å². The van der Waals surface area contributed by atoms with E-state index in [0.717, 1.165) is 5.92 Å². The van der Waals surface area contributed by atoms with E-state index >= 15 is 0 Å². The molecule has 0 heterocycles. The molecular formula is C18H38N2. The summed E-state index contributed by atoms with van der Waals surface area (Å²) >= 11 is 0. The van der Waals surface area contributed by atoms with Gasteiger partial charge in [0.1, 0.15) is 0 Å². The Morgan fingerprint density at radius 2 is 1.75 bits per heavy atom. The van der Waals surface area contributed by atoms with Gasteiger partial charge in [0.05, 0.1) is 0 Å². The van der Waals surface area contributed by atoms with Crippen molar-refractivity contribution in [3.8, 4) is 0 Å². The van der Waals surface area contributed by atoms with Crippen molar-refractivity contribution in [2.45, 2.75) is 92.3 Å². The van der Waals surface area contributed by atoms with Gasteiger partial charge in [0, 0.05) is 24.7 Å². The molecule has 2 nitrogen and oxygen atoms in total. The molecule has 1 aliphatic carbocycles. The summed E-state index contributed by atoms with van der Waals surface area (Å²) in [6.45, 7) is 17.7. The highest BCUT2D eigenvalue weighted by molar-refractivity contribution is 4.94. The molecule has 3 unspecified atom stereocenters. The predicted molar refractivity (Wildman–Crippen MR) is 89.9 cm³/mol. The summed E-state index contributed by atoms with van der Waals surface area (Å²) in [5.74, 6) is 1.54. The molecule has 1 rings (SSSR count). The largest absolute Gasteiger partial charge is 0.326 e. The first-order valence-corrected chi connectivity index (χ1v) is 8.70. The first kappa shape index (κ1) is 18.0. The van der Waals surface area contributed by atoms with E-state index in [2.05, 4.69) is 53.4 Å². The van der Waals surface area contributed by atoms with Gasteiger partial charge in [-0.1, -0.05) is 41.0 Å². The zero-order valence-corrected chi connectivity index (χ0v) is 14.9.